The van der Waals surface area contributed by atoms with Crippen molar-refractivity contribution in [3.05, 3.63) is 60.2 Å². The monoisotopic (exact) mass is 536 g/mol. The number of hydrogen-bond acceptors (Lipinski definition) is 5. The van der Waals surface area contributed by atoms with Crippen LogP contribution in [0.25, 0.3) is 17.2 Å². The normalized spacial score (nSPS) is 28.8. The molecule has 37 heavy (non-hydrogen) atoms. The molecule has 0 bridgehead atoms. The third-order valence-corrected chi connectivity index (χ3v) is 9.46. The molecule has 1 aliphatic heterocycles. The molecule has 0 unspecified atom stereocenters. The largest absolute Gasteiger partial charge is 0.443 e. The highest BCUT2D eigenvalue weighted by Crippen LogP contribution is 2.53. The first-order valence-corrected chi connectivity index (χ1v) is 13.7. The molecule has 2 aliphatic rings. The number of rotatable bonds is 3. The van der Waals surface area contributed by atoms with Crippen molar-refractivity contribution in [3.63, 3.8) is 0 Å². The lowest BCUT2D eigenvalue weighted by atomic mass is 9.68. The maximum Gasteiger partial charge on any atom is 0.424 e. The lowest BCUT2D eigenvalue weighted by molar-refractivity contribution is -0.108. The summed E-state index contributed by atoms with van der Waals surface area (Å²) in [6.07, 6.45) is 2.82. The number of aromatic nitrogens is 1. The molecule has 1 saturated carbocycles. The van der Waals surface area contributed by atoms with Gasteiger partial charge in [-0.05, 0) is 63.5 Å². The maximum atomic E-state index is 15.1. The van der Waals surface area contributed by atoms with Crippen LogP contribution in [-0.2, 0) is 14.8 Å². The number of ether oxygens (including phenoxy) is 1. The van der Waals surface area contributed by atoms with Crippen LogP contribution in [0, 0.1) is 23.6 Å². The van der Waals surface area contributed by atoms with Gasteiger partial charge < -0.3 is 4.74 Å². The van der Waals surface area contributed by atoms with Crippen molar-refractivity contribution in [3.8, 4) is 11.1 Å². The summed E-state index contributed by atoms with van der Waals surface area (Å²) in [5.41, 5.74) is 0.881. The van der Waals surface area contributed by atoms with Gasteiger partial charge in [-0.15, -0.1) is 0 Å². The molecular weight excluding hydrogens is 505 g/mol. The Bertz CT molecular complexity index is 1310. The first kappa shape index (κ1) is 27.2. The fourth-order valence-electron chi connectivity index (χ4n) is 5.35. The molecule has 1 saturated heterocycles. The molecule has 2 aromatic rings. The van der Waals surface area contributed by atoms with Gasteiger partial charge in [-0.1, -0.05) is 31.2 Å². The van der Waals surface area contributed by atoms with E-state index in [-0.39, 0.29) is 5.82 Å². The average molecular weight is 537 g/mol. The summed E-state index contributed by atoms with van der Waals surface area (Å²) in [4.78, 5) is 17.2. The minimum absolute atomic E-state index is 0.371. The summed E-state index contributed by atoms with van der Waals surface area (Å²) in [5, 5.41) is -1.42. The Kier molecular flexibility index (Phi) is 6.94. The molecule has 4 rings (SSSR count). The fourth-order valence-corrected chi connectivity index (χ4v) is 7.73. The van der Waals surface area contributed by atoms with E-state index in [2.05, 4.69) is 4.98 Å². The van der Waals surface area contributed by atoms with Gasteiger partial charge in [0.2, 0.25) is 10.0 Å². The lowest BCUT2D eigenvalue weighted by Crippen LogP contribution is -2.49. The van der Waals surface area contributed by atoms with Crippen LogP contribution < -0.4 is 0 Å². The van der Waals surface area contributed by atoms with Crippen LogP contribution in [0.3, 0.4) is 0 Å². The quantitative estimate of drug-likeness (QED) is 0.471. The molecule has 2 fully saturated rings. The number of sulfonamides is 1. The van der Waals surface area contributed by atoms with E-state index in [0.29, 0.717) is 21.1 Å². The number of pyridine rings is 1. The smallest absolute Gasteiger partial charge is 0.424 e. The number of fused-ring (bicyclic) bond motifs is 1. The summed E-state index contributed by atoms with van der Waals surface area (Å²) >= 11 is 0. The Morgan fingerprint density at radius 1 is 1.16 bits per heavy atom. The van der Waals surface area contributed by atoms with Crippen LogP contribution >= 0.6 is 0 Å². The number of alkyl halides is 2. The molecule has 0 radical (unpaired) electrons. The number of nitrogens with zero attached hydrogens (tertiary/aromatic N) is 2. The third-order valence-electron chi connectivity index (χ3n) is 7.18. The van der Waals surface area contributed by atoms with Gasteiger partial charge in [0.25, 0.3) is 5.92 Å². The zero-order chi connectivity index (χ0) is 27.3. The molecule has 1 amide bonds. The van der Waals surface area contributed by atoms with E-state index in [4.69, 9.17) is 4.74 Å². The fraction of sp³-hybridized carbons (Fsp3) is 0.481. The SMILES string of the molecule is C[C@@H]1[C@H]2[C@@H](/C=C/c3ccc(-c4cccc(F)c4)cn3)[C@H](C)C(F)(F)C[C@H]2S(=O)(=O)N1C(=O)OC(C)(C)C. The average Bonchev–Trinajstić information content (AvgIpc) is 2.97. The minimum atomic E-state index is -4.36. The van der Waals surface area contributed by atoms with Gasteiger partial charge in [0.15, 0.2) is 0 Å². The molecule has 0 N–H and O–H groups in total. The number of carbonyl (C=O) groups excluding carboxylic acids is 1. The molecule has 6 nitrogen and oxygen atoms in total. The van der Waals surface area contributed by atoms with Crippen molar-refractivity contribution in [1.29, 1.82) is 0 Å². The number of carbonyl (C=O) groups is 1. The Morgan fingerprint density at radius 2 is 1.86 bits per heavy atom. The van der Waals surface area contributed by atoms with E-state index in [1.165, 1.54) is 19.1 Å². The van der Waals surface area contributed by atoms with E-state index < -0.39 is 63.1 Å². The standard InChI is InChI=1S/C27H31F3N2O4S/c1-16-22(12-11-21-10-9-19(15-31-21)18-7-6-8-20(28)13-18)24-17(2)32(25(33)36-26(3,4)5)37(34,35)23(24)14-27(16,29)30/h6-13,15-17,22-24H,14H2,1-5H3/b12-11+/t16-,17+,22-,23+,24-/m0/s1. The predicted molar refractivity (Wildman–Crippen MR) is 135 cm³/mol. The van der Waals surface area contributed by atoms with E-state index in [0.717, 1.165) is 0 Å². The van der Waals surface area contributed by atoms with Gasteiger partial charge in [0.05, 0.1) is 17.0 Å². The van der Waals surface area contributed by atoms with Gasteiger partial charge in [-0.25, -0.2) is 30.7 Å². The van der Waals surface area contributed by atoms with Gasteiger partial charge in [-0.3, -0.25) is 4.98 Å². The summed E-state index contributed by atoms with van der Waals surface area (Å²) in [7, 11) is -4.36. The maximum absolute atomic E-state index is 15.1. The molecule has 200 valence electrons. The lowest BCUT2D eigenvalue weighted by Gasteiger charge is -2.41. The zero-order valence-electron chi connectivity index (χ0n) is 21.4. The van der Waals surface area contributed by atoms with Crippen LogP contribution in [0.5, 0.6) is 0 Å². The minimum Gasteiger partial charge on any atom is -0.443 e. The van der Waals surface area contributed by atoms with Crippen LogP contribution in [0.4, 0.5) is 18.0 Å². The molecule has 5 atom stereocenters. The molecular formula is C27H31F3N2O4S. The number of allylic oxidation sites excluding steroid dienone is 1. The highest BCUT2D eigenvalue weighted by molar-refractivity contribution is 7.90. The van der Waals surface area contributed by atoms with Crippen molar-refractivity contribution in [2.45, 2.75) is 63.9 Å². The van der Waals surface area contributed by atoms with Gasteiger partial charge in [-0.2, -0.15) is 0 Å². The van der Waals surface area contributed by atoms with Crippen molar-refractivity contribution in [2.24, 2.45) is 17.8 Å². The molecule has 2 heterocycles. The second-order valence-corrected chi connectivity index (χ2v) is 12.9. The second kappa shape index (κ2) is 9.45. The highest BCUT2D eigenvalue weighted by Gasteiger charge is 2.64. The summed E-state index contributed by atoms with van der Waals surface area (Å²) in [6, 6.07) is 8.64. The Labute approximate surface area is 215 Å². The third kappa shape index (κ3) is 5.26. The molecule has 1 aliphatic carbocycles. The van der Waals surface area contributed by atoms with Crippen LogP contribution in [-0.4, -0.2) is 46.6 Å². The van der Waals surface area contributed by atoms with E-state index in [1.807, 2.05) is 0 Å². The van der Waals surface area contributed by atoms with Gasteiger partial charge in [0, 0.05) is 30.0 Å². The first-order valence-electron chi connectivity index (χ1n) is 12.2. The van der Waals surface area contributed by atoms with Crippen molar-refractivity contribution in [2.75, 3.05) is 0 Å². The highest BCUT2D eigenvalue weighted by atomic mass is 32.2. The second-order valence-electron chi connectivity index (χ2n) is 10.8. The van der Waals surface area contributed by atoms with Crippen molar-refractivity contribution >= 4 is 22.2 Å². The topological polar surface area (TPSA) is 76.6 Å². The number of amides is 1. The number of halogens is 3. The van der Waals surface area contributed by atoms with Gasteiger partial charge in [0.1, 0.15) is 11.4 Å². The van der Waals surface area contributed by atoms with Crippen LogP contribution in [0.15, 0.2) is 48.7 Å². The van der Waals surface area contributed by atoms with Crippen LogP contribution in [0.2, 0.25) is 0 Å². The molecule has 0 spiro atoms. The first-order chi connectivity index (χ1) is 17.1. The summed E-state index contributed by atoms with van der Waals surface area (Å²) in [5.74, 6) is -6.36. The Balaban J connectivity index is 1.64. The van der Waals surface area contributed by atoms with Crippen molar-refractivity contribution in [1.82, 2.24) is 9.29 Å². The molecule has 1 aromatic carbocycles. The summed E-state index contributed by atoms with van der Waals surface area (Å²) in [6.45, 7) is 7.80. The molecule has 10 heteroatoms. The van der Waals surface area contributed by atoms with E-state index in [1.54, 1.807) is 70.3 Å². The van der Waals surface area contributed by atoms with E-state index >= 15 is 8.78 Å². The van der Waals surface area contributed by atoms with E-state index in [9.17, 15) is 17.6 Å². The zero-order valence-corrected chi connectivity index (χ0v) is 22.2. The number of benzene rings is 1. The Hall–Kier alpha value is -2.88. The summed E-state index contributed by atoms with van der Waals surface area (Å²) < 4.78 is 76.2. The predicted octanol–water partition coefficient (Wildman–Crippen LogP) is 6.15. The van der Waals surface area contributed by atoms with Crippen molar-refractivity contribution < 1.29 is 31.1 Å². The molecule has 1 aromatic heterocycles. The number of hydrogen-bond donors (Lipinski definition) is 0. The van der Waals surface area contributed by atoms with Crippen LogP contribution in [0.1, 0.15) is 46.7 Å². The Morgan fingerprint density at radius 3 is 2.46 bits per heavy atom. The van der Waals surface area contributed by atoms with Gasteiger partial charge >= 0.3 is 6.09 Å².